The Morgan fingerprint density at radius 1 is 1.09 bits per heavy atom. The van der Waals surface area contributed by atoms with Gasteiger partial charge < -0.3 is 15.2 Å². The molecule has 0 atom stereocenters. The number of anilines is 1. The quantitative estimate of drug-likeness (QED) is 0.909. The van der Waals surface area contributed by atoms with E-state index < -0.39 is 0 Å². The largest absolute Gasteiger partial charge is 0.349 e. The maximum absolute atomic E-state index is 5.36. The zero-order chi connectivity index (χ0) is 15.8. The molecule has 0 saturated carbocycles. The molecule has 118 valence electrons. The molecule has 3 rings (SSSR count). The predicted molar refractivity (Wildman–Crippen MR) is 87.7 cm³/mol. The lowest BCUT2D eigenvalue weighted by atomic mass is 9.80. The van der Waals surface area contributed by atoms with Crippen LogP contribution in [0, 0.1) is 0 Å². The summed E-state index contributed by atoms with van der Waals surface area (Å²) in [6.07, 6.45) is 2.04. The van der Waals surface area contributed by atoms with E-state index in [0.717, 1.165) is 18.4 Å². The van der Waals surface area contributed by atoms with Crippen LogP contribution >= 0.6 is 0 Å². The molecular formula is C17H24N4O. The minimum atomic E-state index is 0.0887. The summed E-state index contributed by atoms with van der Waals surface area (Å²) in [7, 11) is 0. The standard InChI is InChI=1S/C17H24N4O/c1-16(2)10-13(11-17(3,4)21-16)18-15-19-14(22-20-15)12-8-6-5-7-9-12/h5-9,13,21H,10-11H2,1-4H3,(H,18,20). The molecule has 2 aromatic rings. The van der Waals surface area contributed by atoms with Crippen LogP contribution < -0.4 is 10.6 Å². The molecule has 1 aliphatic rings. The third kappa shape index (κ3) is 3.47. The second-order valence-electron chi connectivity index (χ2n) is 7.43. The lowest BCUT2D eigenvalue weighted by Gasteiger charge is -2.46. The lowest BCUT2D eigenvalue weighted by molar-refractivity contribution is 0.170. The highest BCUT2D eigenvalue weighted by Gasteiger charge is 2.38. The van der Waals surface area contributed by atoms with Gasteiger partial charge in [-0.05, 0) is 57.8 Å². The summed E-state index contributed by atoms with van der Waals surface area (Å²) >= 11 is 0. The first-order chi connectivity index (χ1) is 10.3. The van der Waals surface area contributed by atoms with Crippen LogP contribution in [0.25, 0.3) is 11.5 Å². The molecule has 0 radical (unpaired) electrons. The summed E-state index contributed by atoms with van der Waals surface area (Å²) in [4.78, 5) is 4.46. The van der Waals surface area contributed by atoms with Gasteiger partial charge in [-0.25, -0.2) is 0 Å². The van der Waals surface area contributed by atoms with Gasteiger partial charge in [0.15, 0.2) is 0 Å². The molecule has 1 saturated heterocycles. The van der Waals surface area contributed by atoms with Crippen LogP contribution in [-0.2, 0) is 0 Å². The van der Waals surface area contributed by atoms with Crippen molar-refractivity contribution in [1.82, 2.24) is 15.5 Å². The van der Waals surface area contributed by atoms with Gasteiger partial charge in [-0.15, -0.1) is 0 Å². The van der Waals surface area contributed by atoms with E-state index in [-0.39, 0.29) is 11.1 Å². The molecule has 2 N–H and O–H groups in total. The molecule has 2 heterocycles. The smallest absolute Gasteiger partial charge is 0.263 e. The van der Waals surface area contributed by atoms with Gasteiger partial charge in [-0.2, -0.15) is 4.98 Å². The van der Waals surface area contributed by atoms with Crippen LogP contribution in [0.4, 0.5) is 5.95 Å². The minimum Gasteiger partial charge on any atom is -0.349 e. The van der Waals surface area contributed by atoms with Crippen molar-refractivity contribution in [2.24, 2.45) is 0 Å². The van der Waals surface area contributed by atoms with Crippen molar-refractivity contribution in [2.75, 3.05) is 5.32 Å². The van der Waals surface area contributed by atoms with E-state index in [1.807, 2.05) is 30.3 Å². The zero-order valence-electron chi connectivity index (χ0n) is 13.7. The van der Waals surface area contributed by atoms with Crippen molar-refractivity contribution >= 4 is 5.95 Å². The molecule has 1 fully saturated rings. The molecule has 1 aromatic carbocycles. The van der Waals surface area contributed by atoms with Crippen molar-refractivity contribution in [2.45, 2.75) is 57.7 Å². The first-order valence-corrected chi connectivity index (χ1v) is 7.78. The molecular weight excluding hydrogens is 276 g/mol. The fourth-order valence-electron chi connectivity index (χ4n) is 3.59. The SMILES string of the molecule is CC1(C)CC(Nc2noc(-c3ccccc3)n2)CC(C)(C)N1. The van der Waals surface area contributed by atoms with E-state index in [2.05, 4.69) is 48.5 Å². The first-order valence-electron chi connectivity index (χ1n) is 7.78. The number of nitrogens with zero attached hydrogens (tertiary/aromatic N) is 2. The molecule has 5 nitrogen and oxygen atoms in total. The van der Waals surface area contributed by atoms with Crippen LogP contribution in [0.3, 0.4) is 0 Å². The van der Waals surface area contributed by atoms with Crippen LogP contribution in [0.15, 0.2) is 34.9 Å². The summed E-state index contributed by atoms with van der Waals surface area (Å²) in [6, 6.07) is 10.2. The van der Waals surface area contributed by atoms with E-state index in [1.54, 1.807) is 0 Å². The van der Waals surface area contributed by atoms with E-state index in [9.17, 15) is 0 Å². The fraction of sp³-hybridized carbons (Fsp3) is 0.529. The third-order valence-electron chi connectivity index (χ3n) is 3.97. The Bertz CT molecular complexity index is 617. The first kappa shape index (κ1) is 15.0. The van der Waals surface area contributed by atoms with E-state index in [1.165, 1.54) is 0 Å². The molecule has 0 spiro atoms. The van der Waals surface area contributed by atoms with Gasteiger partial charge in [0.25, 0.3) is 11.8 Å². The second kappa shape index (κ2) is 5.39. The highest BCUT2D eigenvalue weighted by Crippen LogP contribution is 2.30. The van der Waals surface area contributed by atoms with Crippen LogP contribution in [0.5, 0.6) is 0 Å². The van der Waals surface area contributed by atoms with Crippen LogP contribution in [-0.4, -0.2) is 27.3 Å². The molecule has 0 bridgehead atoms. The van der Waals surface area contributed by atoms with Gasteiger partial charge in [0.05, 0.1) is 0 Å². The summed E-state index contributed by atoms with van der Waals surface area (Å²) in [5.74, 6) is 1.12. The van der Waals surface area contributed by atoms with Crippen molar-refractivity contribution < 1.29 is 4.52 Å². The van der Waals surface area contributed by atoms with Gasteiger partial charge in [0.2, 0.25) is 0 Å². The van der Waals surface area contributed by atoms with Gasteiger partial charge >= 0.3 is 0 Å². The Morgan fingerprint density at radius 3 is 2.36 bits per heavy atom. The van der Waals surface area contributed by atoms with Gasteiger partial charge in [-0.1, -0.05) is 18.2 Å². The summed E-state index contributed by atoms with van der Waals surface area (Å²) < 4.78 is 5.36. The van der Waals surface area contributed by atoms with E-state index >= 15 is 0 Å². The Morgan fingerprint density at radius 2 is 1.73 bits per heavy atom. The molecule has 5 heteroatoms. The lowest BCUT2D eigenvalue weighted by Crippen LogP contribution is -2.60. The molecule has 1 aromatic heterocycles. The molecule has 0 unspecified atom stereocenters. The average Bonchev–Trinajstić information content (AvgIpc) is 2.84. The Labute approximate surface area is 131 Å². The number of rotatable bonds is 3. The number of hydrogen-bond acceptors (Lipinski definition) is 5. The molecule has 22 heavy (non-hydrogen) atoms. The third-order valence-corrected chi connectivity index (χ3v) is 3.97. The number of benzene rings is 1. The highest BCUT2D eigenvalue weighted by molar-refractivity contribution is 5.53. The monoisotopic (exact) mass is 300 g/mol. The molecule has 0 aliphatic carbocycles. The van der Waals surface area contributed by atoms with E-state index in [4.69, 9.17) is 4.52 Å². The van der Waals surface area contributed by atoms with Crippen molar-refractivity contribution in [3.05, 3.63) is 30.3 Å². The number of nitrogens with one attached hydrogen (secondary N) is 2. The topological polar surface area (TPSA) is 63.0 Å². The molecule has 0 amide bonds. The van der Waals surface area contributed by atoms with Gasteiger partial charge in [0.1, 0.15) is 0 Å². The Balaban J connectivity index is 1.73. The Kier molecular flexibility index (Phi) is 3.68. The number of aromatic nitrogens is 2. The summed E-state index contributed by atoms with van der Waals surface area (Å²) in [6.45, 7) is 8.92. The maximum Gasteiger partial charge on any atom is 0.263 e. The van der Waals surface area contributed by atoms with Crippen molar-refractivity contribution in [3.8, 4) is 11.5 Å². The average molecular weight is 300 g/mol. The van der Waals surface area contributed by atoms with Crippen molar-refractivity contribution in [1.29, 1.82) is 0 Å². The number of piperidine rings is 1. The highest BCUT2D eigenvalue weighted by atomic mass is 16.5. The van der Waals surface area contributed by atoms with Crippen molar-refractivity contribution in [3.63, 3.8) is 0 Å². The summed E-state index contributed by atoms with van der Waals surface area (Å²) in [5.41, 5.74) is 1.12. The number of hydrogen-bond donors (Lipinski definition) is 2. The van der Waals surface area contributed by atoms with E-state index in [0.29, 0.717) is 17.9 Å². The molecule has 1 aliphatic heterocycles. The fourth-order valence-corrected chi connectivity index (χ4v) is 3.59. The van der Waals surface area contributed by atoms with Gasteiger partial charge in [0, 0.05) is 22.7 Å². The Hall–Kier alpha value is -1.88. The van der Waals surface area contributed by atoms with Crippen LogP contribution in [0.1, 0.15) is 40.5 Å². The van der Waals surface area contributed by atoms with Gasteiger partial charge in [-0.3, -0.25) is 0 Å². The maximum atomic E-state index is 5.36. The normalized spacial score (nSPS) is 20.7. The van der Waals surface area contributed by atoms with Crippen LogP contribution in [0.2, 0.25) is 0 Å². The minimum absolute atomic E-state index is 0.0887. The summed E-state index contributed by atoms with van der Waals surface area (Å²) in [5, 5.41) is 11.2. The second-order valence-corrected chi connectivity index (χ2v) is 7.43. The predicted octanol–water partition coefficient (Wildman–Crippen LogP) is 3.46. The zero-order valence-corrected chi connectivity index (χ0v) is 13.7.